The lowest BCUT2D eigenvalue weighted by molar-refractivity contribution is 0.0248. The third-order valence-electron chi connectivity index (χ3n) is 3.10. The van der Waals surface area contributed by atoms with E-state index in [1.165, 1.54) is 12.1 Å². The molecular weight excluding hydrogens is 212 g/mol. The first kappa shape index (κ1) is 11.0. The highest BCUT2D eigenvalue weighted by molar-refractivity contribution is 5.36. The van der Waals surface area contributed by atoms with Crippen LogP contribution in [0.4, 0.5) is 8.78 Å². The Hall–Kier alpha value is -1.47. The van der Waals surface area contributed by atoms with Crippen molar-refractivity contribution in [1.29, 1.82) is 5.26 Å². The van der Waals surface area contributed by atoms with Crippen LogP contribution < -0.4 is 0 Å². The molecule has 0 N–H and O–H groups in total. The van der Waals surface area contributed by atoms with Gasteiger partial charge in [0.25, 0.3) is 0 Å². The summed E-state index contributed by atoms with van der Waals surface area (Å²) in [4.78, 5) is 0. The second-order valence-corrected chi connectivity index (χ2v) is 3.97. The fraction of sp³-hybridized carbons (Fsp3) is 0.417. The van der Waals surface area contributed by atoms with Gasteiger partial charge in [-0.1, -0.05) is 6.07 Å². The maximum absolute atomic E-state index is 13.6. The molecule has 1 aromatic carbocycles. The molecule has 1 aliphatic rings. The number of hydrogen-bond donors (Lipinski definition) is 0. The normalized spacial score (nSPS) is 23.6. The van der Waals surface area contributed by atoms with Crippen molar-refractivity contribution in [2.24, 2.45) is 0 Å². The molecule has 0 unspecified atom stereocenters. The van der Waals surface area contributed by atoms with Gasteiger partial charge in [0.15, 0.2) is 11.6 Å². The van der Waals surface area contributed by atoms with E-state index in [2.05, 4.69) is 0 Å². The van der Waals surface area contributed by atoms with E-state index in [4.69, 9.17) is 10.00 Å². The number of rotatable bonds is 2. The molecule has 1 aliphatic carbocycles. The highest BCUT2D eigenvalue weighted by Gasteiger charge is 2.33. The van der Waals surface area contributed by atoms with Crippen LogP contribution >= 0.6 is 0 Å². The summed E-state index contributed by atoms with van der Waals surface area (Å²) in [5.41, 5.74) is 0.105. The zero-order valence-corrected chi connectivity index (χ0v) is 8.84. The summed E-state index contributed by atoms with van der Waals surface area (Å²) in [5.74, 6) is -1.92. The van der Waals surface area contributed by atoms with Crippen LogP contribution in [0.1, 0.15) is 29.9 Å². The van der Waals surface area contributed by atoms with E-state index in [1.54, 1.807) is 13.2 Å². The van der Waals surface area contributed by atoms with Gasteiger partial charge < -0.3 is 4.74 Å². The fourth-order valence-electron chi connectivity index (χ4n) is 1.98. The van der Waals surface area contributed by atoms with Crippen LogP contribution in [0.2, 0.25) is 0 Å². The molecule has 0 bridgehead atoms. The van der Waals surface area contributed by atoms with Crippen LogP contribution in [-0.4, -0.2) is 13.2 Å². The predicted octanol–water partition coefficient (Wildman–Crippen LogP) is 2.73. The third kappa shape index (κ3) is 1.68. The zero-order valence-electron chi connectivity index (χ0n) is 8.84. The van der Waals surface area contributed by atoms with Crippen LogP contribution in [-0.2, 0) is 4.74 Å². The Morgan fingerprint density at radius 1 is 1.31 bits per heavy atom. The van der Waals surface area contributed by atoms with E-state index in [9.17, 15) is 8.78 Å². The first-order chi connectivity index (χ1) is 7.67. The highest BCUT2D eigenvalue weighted by Crippen LogP contribution is 2.40. The molecule has 2 rings (SSSR count). The Morgan fingerprint density at radius 2 is 2.00 bits per heavy atom. The van der Waals surface area contributed by atoms with Gasteiger partial charge >= 0.3 is 0 Å². The molecule has 0 saturated heterocycles. The minimum Gasteiger partial charge on any atom is -0.381 e. The van der Waals surface area contributed by atoms with Gasteiger partial charge in [0, 0.05) is 7.11 Å². The Labute approximate surface area is 92.5 Å². The molecule has 16 heavy (non-hydrogen) atoms. The largest absolute Gasteiger partial charge is 0.381 e. The maximum atomic E-state index is 13.6. The van der Waals surface area contributed by atoms with Crippen LogP contribution in [0.15, 0.2) is 12.1 Å². The van der Waals surface area contributed by atoms with Crippen LogP contribution in [0, 0.1) is 23.0 Å². The van der Waals surface area contributed by atoms with Gasteiger partial charge in [0.2, 0.25) is 0 Å². The molecule has 0 atom stereocenters. The standard InChI is InChI=1S/C12H11F2NO/c1-16-9-4-8(5-9)10-3-2-7(6-15)11(13)12(10)14/h2-3,8-9H,4-5H2,1H3. The smallest absolute Gasteiger partial charge is 0.176 e. The number of halogens is 2. The molecule has 1 fully saturated rings. The average molecular weight is 223 g/mol. The van der Waals surface area contributed by atoms with Gasteiger partial charge in [-0.2, -0.15) is 5.26 Å². The summed E-state index contributed by atoms with van der Waals surface area (Å²) in [6.45, 7) is 0. The Morgan fingerprint density at radius 3 is 2.56 bits per heavy atom. The fourth-order valence-corrected chi connectivity index (χ4v) is 1.98. The van der Waals surface area contributed by atoms with Crippen molar-refractivity contribution in [1.82, 2.24) is 0 Å². The number of nitriles is 1. The van der Waals surface area contributed by atoms with Crippen molar-refractivity contribution in [2.45, 2.75) is 24.9 Å². The molecule has 0 amide bonds. The van der Waals surface area contributed by atoms with E-state index in [1.807, 2.05) is 0 Å². The molecule has 1 aromatic rings. The molecule has 0 aliphatic heterocycles. The van der Waals surface area contributed by atoms with Gasteiger partial charge in [-0.05, 0) is 30.4 Å². The summed E-state index contributed by atoms with van der Waals surface area (Å²) >= 11 is 0. The van der Waals surface area contributed by atoms with Crippen LogP contribution in [0.25, 0.3) is 0 Å². The molecule has 0 radical (unpaired) electrons. The van der Waals surface area contributed by atoms with Crippen molar-refractivity contribution in [3.05, 3.63) is 34.9 Å². The van der Waals surface area contributed by atoms with Gasteiger partial charge in [-0.25, -0.2) is 8.78 Å². The summed E-state index contributed by atoms with van der Waals surface area (Å²) in [5, 5.41) is 8.55. The van der Waals surface area contributed by atoms with E-state index in [0.717, 1.165) is 0 Å². The van der Waals surface area contributed by atoms with E-state index >= 15 is 0 Å². The van der Waals surface area contributed by atoms with Gasteiger partial charge in [0.05, 0.1) is 11.7 Å². The lowest BCUT2D eigenvalue weighted by Crippen LogP contribution is -2.29. The SMILES string of the molecule is COC1CC(c2ccc(C#N)c(F)c2F)C1. The summed E-state index contributed by atoms with van der Waals surface area (Å²) in [7, 11) is 1.61. The second kappa shape index (κ2) is 4.18. The zero-order chi connectivity index (χ0) is 11.7. The van der Waals surface area contributed by atoms with E-state index < -0.39 is 11.6 Å². The van der Waals surface area contributed by atoms with Crippen molar-refractivity contribution in [3.8, 4) is 6.07 Å². The topological polar surface area (TPSA) is 33.0 Å². The lowest BCUT2D eigenvalue weighted by atomic mass is 9.77. The highest BCUT2D eigenvalue weighted by atomic mass is 19.2. The Bertz CT molecular complexity index is 447. The van der Waals surface area contributed by atoms with Crippen molar-refractivity contribution in [3.63, 3.8) is 0 Å². The Balaban J connectivity index is 2.25. The number of benzene rings is 1. The number of hydrogen-bond acceptors (Lipinski definition) is 2. The average Bonchev–Trinajstić information content (AvgIpc) is 2.23. The molecule has 1 saturated carbocycles. The van der Waals surface area contributed by atoms with E-state index in [0.29, 0.717) is 18.4 Å². The molecule has 84 valence electrons. The van der Waals surface area contributed by atoms with Crippen LogP contribution in [0.3, 0.4) is 0 Å². The number of ether oxygens (including phenoxy) is 1. The van der Waals surface area contributed by atoms with Gasteiger partial charge in [-0.3, -0.25) is 0 Å². The maximum Gasteiger partial charge on any atom is 0.176 e. The number of methoxy groups -OCH3 is 1. The first-order valence-corrected chi connectivity index (χ1v) is 5.08. The summed E-state index contributed by atoms with van der Waals surface area (Å²) in [6.07, 6.45) is 1.56. The summed E-state index contributed by atoms with van der Waals surface area (Å²) in [6, 6.07) is 4.44. The monoisotopic (exact) mass is 223 g/mol. The third-order valence-corrected chi connectivity index (χ3v) is 3.10. The lowest BCUT2D eigenvalue weighted by Gasteiger charge is -2.34. The number of nitrogens with zero attached hydrogens (tertiary/aromatic N) is 1. The minimum atomic E-state index is -1.04. The first-order valence-electron chi connectivity index (χ1n) is 5.08. The molecular formula is C12H11F2NO. The van der Waals surface area contributed by atoms with Crippen molar-refractivity contribution >= 4 is 0 Å². The summed E-state index contributed by atoms with van der Waals surface area (Å²) < 4.78 is 32.0. The quantitative estimate of drug-likeness (QED) is 0.772. The molecule has 4 heteroatoms. The van der Waals surface area contributed by atoms with E-state index in [-0.39, 0.29) is 17.6 Å². The Kier molecular flexibility index (Phi) is 2.88. The second-order valence-electron chi connectivity index (χ2n) is 3.97. The van der Waals surface area contributed by atoms with Crippen molar-refractivity contribution in [2.75, 3.05) is 7.11 Å². The van der Waals surface area contributed by atoms with Crippen LogP contribution in [0.5, 0.6) is 0 Å². The molecule has 0 heterocycles. The molecule has 0 aromatic heterocycles. The predicted molar refractivity (Wildman–Crippen MR) is 53.8 cm³/mol. The molecule has 2 nitrogen and oxygen atoms in total. The van der Waals surface area contributed by atoms with Crippen molar-refractivity contribution < 1.29 is 13.5 Å². The van der Waals surface area contributed by atoms with Gasteiger partial charge in [0.1, 0.15) is 6.07 Å². The van der Waals surface area contributed by atoms with Gasteiger partial charge in [-0.15, -0.1) is 0 Å². The minimum absolute atomic E-state index is 0.00666. The molecule has 0 spiro atoms.